The van der Waals surface area contributed by atoms with Crippen LogP contribution in [0.1, 0.15) is 214 Å². The Balaban J connectivity index is 1.30. The molecule has 0 amide bonds. The van der Waals surface area contributed by atoms with Gasteiger partial charge < -0.3 is 9.47 Å². The maximum Gasteiger partial charge on any atom is 0.513 e. The van der Waals surface area contributed by atoms with Gasteiger partial charge in [-0.15, -0.1) is 9.78 Å². The van der Waals surface area contributed by atoms with Gasteiger partial charge in [-0.1, -0.05) is 253 Å². The van der Waals surface area contributed by atoms with Crippen molar-refractivity contribution in [2.24, 2.45) is 0 Å². The summed E-state index contributed by atoms with van der Waals surface area (Å²) in [5, 5.41) is 0. The van der Waals surface area contributed by atoms with E-state index < -0.39 is 30.7 Å². The third-order valence-electron chi connectivity index (χ3n) is 12.5. The topological polar surface area (TPSA) is 107 Å². The number of hydrogen-bond donors (Lipinski definition) is 0. The first kappa shape index (κ1) is 55.6. The average Bonchev–Trinajstić information content (AvgIpc) is 3.37. The van der Waals surface area contributed by atoms with E-state index in [0.29, 0.717) is 12.8 Å². The fourth-order valence-electron chi connectivity index (χ4n) is 8.30. The zero-order chi connectivity index (χ0) is 48.1. The summed E-state index contributed by atoms with van der Waals surface area (Å²) < 4.78 is 11.3. The van der Waals surface area contributed by atoms with E-state index in [1.165, 1.54) is 116 Å². The molecule has 0 N–H and O–H groups in total. The van der Waals surface area contributed by atoms with E-state index in [0.717, 1.165) is 60.8 Å². The molecule has 0 heterocycles. The normalized spacial score (nSPS) is 12.0. The quantitative estimate of drug-likeness (QED) is 0.0143. The minimum atomic E-state index is -1.23. The number of carbonyl (C=O) groups is 3. The first-order valence-corrected chi connectivity index (χ1v) is 26.4. The summed E-state index contributed by atoms with van der Waals surface area (Å²) in [4.78, 5) is 61.2. The molecule has 0 fully saturated rings. The zero-order valence-corrected chi connectivity index (χ0v) is 41.5. The molecule has 2 atom stereocenters. The molecule has 0 saturated heterocycles. The van der Waals surface area contributed by atoms with Gasteiger partial charge in [0, 0.05) is 12.8 Å². The summed E-state index contributed by atoms with van der Waals surface area (Å²) in [5.41, 5.74) is 4.53. The monoisotopic (exact) mass is 935 g/mol. The molecule has 0 bridgehead atoms. The Morgan fingerprint density at radius 3 is 0.897 bits per heavy atom. The second-order valence-electron chi connectivity index (χ2n) is 18.2. The van der Waals surface area contributed by atoms with Crippen LogP contribution in [0, 0.1) is 0 Å². The lowest BCUT2D eigenvalue weighted by Gasteiger charge is -2.20. The lowest BCUT2D eigenvalue weighted by Crippen LogP contribution is -2.28. The second kappa shape index (κ2) is 36.1. The van der Waals surface area contributed by atoms with Crippen LogP contribution in [0.2, 0.25) is 0 Å². The molecule has 2 unspecified atom stereocenters. The molecule has 4 rings (SSSR count). The van der Waals surface area contributed by atoms with Crippen molar-refractivity contribution in [2.45, 2.75) is 206 Å². The minimum absolute atomic E-state index is 0.283. The lowest BCUT2D eigenvalue weighted by molar-refractivity contribution is -0.348. The molecule has 0 aliphatic rings. The summed E-state index contributed by atoms with van der Waals surface area (Å²) in [6, 6.07) is 33.8. The van der Waals surface area contributed by atoms with Crippen molar-refractivity contribution in [1.82, 2.24) is 0 Å². The minimum Gasteiger partial charge on any atom is -0.400 e. The highest BCUT2D eigenvalue weighted by Crippen LogP contribution is 2.23. The highest BCUT2D eigenvalue weighted by atomic mass is 17.2. The Kier molecular flexibility index (Phi) is 29.5. The molecule has 0 aliphatic heterocycles. The van der Waals surface area contributed by atoms with Crippen LogP contribution in [0.4, 0.5) is 4.79 Å². The van der Waals surface area contributed by atoms with Crippen molar-refractivity contribution in [1.29, 1.82) is 0 Å². The van der Waals surface area contributed by atoms with Crippen LogP contribution in [0.25, 0.3) is 22.3 Å². The highest BCUT2D eigenvalue weighted by Gasteiger charge is 2.25. The average molecular weight is 935 g/mol. The molecule has 0 saturated carbocycles. The number of carbonyl (C=O) groups excluding carboxylic acids is 3. The molecule has 0 aromatic heterocycles. The molecule has 4 aromatic carbocycles. The van der Waals surface area contributed by atoms with Crippen molar-refractivity contribution in [3.63, 3.8) is 0 Å². The van der Waals surface area contributed by atoms with Crippen LogP contribution in [0.15, 0.2) is 109 Å². The standard InChI is InChI=1S/C59H82O9/c1-3-5-7-9-11-13-15-17-19-21-23-25-33-39-55(65-67-57(60)53-45-41-51(42-46-53)49-35-29-27-30-36-49)63-59(62)64-56(40-34-26-24-22-20-18-16-14-12-10-8-6-4-2)66-68-58(61)54-47-43-52(44-48-54)50-37-31-28-32-38-50/h27-32,35-38,41-48,55-56H,3-26,33-34,39-40H2,1-2H3. The van der Waals surface area contributed by atoms with Crippen molar-refractivity contribution in [2.75, 3.05) is 0 Å². The molecule has 68 heavy (non-hydrogen) atoms. The van der Waals surface area contributed by atoms with Crippen LogP contribution in [0.5, 0.6) is 0 Å². The van der Waals surface area contributed by atoms with Crippen LogP contribution >= 0.6 is 0 Å². The highest BCUT2D eigenvalue weighted by molar-refractivity contribution is 5.90. The summed E-state index contributed by atoms with van der Waals surface area (Å²) in [6.07, 6.45) is 27.8. The van der Waals surface area contributed by atoms with Gasteiger partial charge in [-0.3, -0.25) is 9.78 Å². The van der Waals surface area contributed by atoms with E-state index >= 15 is 0 Å². The summed E-state index contributed by atoms with van der Waals surface area (Å²) in [5.74, 6) is -1.44. The van der Waals surface area contributed by atoms with Gasteiger partial charge in [0.15, 0.2) is 0 Å². The summed E-state index contributed by atoms with van der Waals surface area (Å²) >= 11 is 0. The second-order valence-corrected chi connectivity index (χ2v) is 18.2. The van der Waals surface area contributed by atoms with E-state index in [9.17, 15) is 14.4 Å². The smallest absolute Gasteiger partial charge is 0.400 e. The molecule has 4 aromatic rings. The predicted octanol–water partition coefficient (Wildman–Crippen LogP) is 17.7. The third-order valence-corrected chi connectivity index (χ3v) is 12.5. The molecule has 372 valence electrons. The number of rotatable bonds is 38. The molecule has 9 heteroatoms. The molecular weight excluding hydrogens is 853 g/mol. The Bertz CT molecular complexity index is 1740. The van der Waals surface area contributed by atoms with Gasteiger partial charge in [-0.25, -0.2) is 14.4 Å². The van der Waals surface area contributed by atoms with E-state index in [2.05, 4.69) is 13.8 Å². The predicted molar refractivity (Wildman–Crippen MR) is 273 cm³/mol. The molecule has 0 spiro atoms. The van der Waals surface area contributed by atoms with Crippen molar-refractivity contribution in [3.8, 4) is 22.3 Å². The Morgan fingerprint density at radius 2 is 0.603 bits per heavy atom. The first-order chi connectivity index (χ1) is 33.5. The molecule has 0 radical (unpaired) electrons. The number of ether oxygens (including phenoxy) is 2. The zero-order valence-electron chi connectivity index (χ0n) is 41.5. The van der Waals surface area contributed by atoms with Crippen LogP contribution < -0.4 is 0 Å². The Labute approximate surface area is 408 Å². The van der Waals surface area contributed by atoms with Gasteiger partial charge in [0.25, 0.3) is 0 Å². The van der Waals surface area contributed by atoms with Gasteiger partial charge in [-0.05, 0) is 59.4 Å². The maximum absolute atomic E-state index is 13.4. The largest absolute Gasteiger partial charge is 0.513 e. The summed E-state index contributed by atoms with van der Waals surface area (Å²) in [7, 11) is 0. The Morgan fingerprint density at radius 1 is 0.338 bits per heavy atom. The summed E-state index contributed by atoms with van der Waals surface area (Å²) in [6.45, 7) is 4.50. The first-order valence-electron chi connectivity index (χ1n) is 26.4. The van der Waals surface area contributed by atoms with Gasteiger partial charge >= 0.3 is 18.1 Å². The van der Waals surface area contributed by atoms with E-state index in [1.807, 2.05) is 84.9 Å². The Hall–Kier alpha value is -4.99. The molecule has 0 aliphatic carbocycles. The van der Waals surface area contributed by atoms with Gasteiger partial charge in [0.05, 0.1) is 11.1 Å². The SMILES string of the molecule is CCCCCCCCCCCCCCCC(OOC(=O)c1ccc(-c2ccccc2)cc1)OC(=O)OC(CCCCCCCCCCCCCCC)OOC(=O)c1ccc(-c2ccccc2)cc1. The molecular formula is C59H82O9. The molecule has 9 nitrogen and oxygen atoms in total. The van der Waals surface area contributed by atoms with Crippen molar-refractivity contribution >= 4 is 18.1 Å². The van der Waals surface area contributed by atoms with E-state index in [1.54, 1.807) is 24.3 Å². The van der Waals surface area contributed by atoms with Crippen LogP contribution in [0.3, 0.4) is 0 Å². The van der Waals surface area contributed by atoms with Gasteiger partial charge in [0.1, 0.15) is 0 Å². The lowest BCUT2D eigenvalue weighted by atomic mass is 10.0. The third kappa shape index (κ3) is 24.3. The van der Waals surface area contributed by atoms with Crippen molar-refractivity contribution in [3.05, 3.63) is 120 Å². The number of hydrogen-bond acceptors (Lipinski definition) is 9. The van der Waals surface area contributed by atoms with Crippen molar-refractivity contribution < 1.29 is 43.4 Å². The number of unbranched alkanes of at least 4 members (excludes halogenated alkanes) is 24. The van der Waals surface area contributed by atoms with Crippen LogP contribution in [-0.4, -0.2) is 30.7 Å². The van der Waals surface area contributed by atoms with E-state index in [-0.39, 0.29) is 24.0 Å². The van der Waals surface area contributed by atoms with Gasteiger partial charge in [-0.2, -0.15) is 0 Å². The van der Waals surface area contributed by atoms with E-state index in [4.69, 9.17) is 29.0 Å². The van der Waals surface area contributed by atoms with Crippen LogP contribution in [-0.2, 0) is 29.0 Å². The maximum atomic E-state index is 13.4. The fraction of sp³-hybridized carbons (Fsp3) is 0.542. The fourth-order valence-corrected chi connectivity index (χ4v) is 8.30. The van der Waals surface area contributed by atoms with Gasteiger partial charge in [0.2, 0.25) is 12.6 Å². The number of benzene rings is 4.